The average molecular weight is 229 g/mol. The molecule has 7 nitrogen and oxygen atoms in total. The molecule has 0 saturated heterocycles. The summed E-state index contributed by atoms with van der Waals surface area (Å²) in [5.74, 6) is -1.47. The van der Waals surface area contributed by atoms with Gasteiger partial charge in [0, 0.05) is 13.1 Å². The Balaban J connectivity index is 3.54. The summed E-state index contributed by atoms with van der Waals surface area (Å²) in [5, 5.41) is 15.3. The minimum absolute atomic E-state index is 0.0735. The number of imide groups is 1. The molecule has 0 aliphatic rings. The zero-order valence-electron chi connectivity index (χ0n) is 8.78. The van der Waals surface area contributed by atoms with Gasteiger partial charge >= 0.3 is 12.0 Å². The average Bonchev–Trinajstić information content (AvgIpc) is 2.21. The molecule has 0 heterocycles. The highest BCUT2D eigenvalue weighted by molar-refractivity contribution is 5.95. The van der Waals surface area contributed by atoms with Gasteiger partial charge in [-0.25, -0.2) is 4.79 Å². The van der Waals surface area contributed by atoms with Gasteiger partial charge in [-0.05, 0) is 0 Å². The lowest BCUT2D eigenvalue weighted by molar-refractivity contribution is -0.137. The summed E-state index contributed by atoms with van der Waals surface area (Å²) in [5.41, 5.74) is 0. The summed E-state index contributed by atoms with van der Waals surface area (Å²) in [4.78, 5) is 32.1. The van der Waals surface area contributed by atoms with E-state index in [1.54, 1.807) is 0 Å². The summed E-state index contributed by atoms with van der Waals surface area (Å²) in [7, 11) is 0. The molecule has 0 aromatic heterocycles. The van der Waals surface area contributed by atoms with Crippen LogP contribution in [0, 0.1) is 0 Å². The molecule has 0 spiro atoms. The van der Waals surface area contributed by atoms with Gasteiger partial charge in [0.1, 0.15) is 0 Å². The molecule has 0 unspecified atom stereocenters. The molecule has 90 valence electrons. The zero-order chi connectivity index (χ0) is 12.4. The number of carboxylic acid groups (broad SMARTS) is 1. The van der Waals surface area contributed by atoms with Crippen LogP contribution in [0.2, 0.25) is 0 Å². The second-order valence-corrected chi connectivity index (χ2v) is 2.87. The second kappa shape index (κ2) is 8.42. The van der Waals surface area contributed by atoms with E-state index in [-0.39, 0.29) is 26.1 Å². The number of nitrogens with one attached hydrogen (secondary N) is 3. The van der Waals surface area contributed by atoms with E-state index in [2.05, 4.69) is 22.5 Å². The SMILES string of the molecule is C=CCNC(=O)NC(=O)CNCCC(=O)O. The number of urea groups is 1. The predicted octanol–water partition coefficient (Wildman–Crippen LogP) is -0.937. The number of hydrogen-bond acceptors (Lipinski definition) is 4. The van der Waals surface area contributed by atoms with Crippen molar-refractivity contribution in [2.24, 2.45) is 0 Å². The van der Waals surface area contributed by atoms with E-state index in [1.165, 1.54) is 6.08 Å². The zero-order valence-corrected chi connectivity index (χ0v) is 8.78. The third-order valence-corrected chi connectivity index (χ3v) is 1.46. The molecule has 0 aromatic carbocycles. The monoisotopic (exact) mass is 229 g/mol. The topological polar surface area (TPSA) is 108 Å². The first-order valence-electron chi connectivity index (χ1n) is 4.67. The van der Waals surface area contributed by atoms with E-state index < -0.39 is 17.9 Å². The van der Waals surface area contributed by atoms with E-state index >= 15 is 0 Å². The van der Waals surface area contributed by atoms with Gasteiger partial charge in [-0.3, -0.25) is 14.9 Å². The van der Waals surface area contributed by atoms with Gasteiger partial charge in [0.05, 0.1) is 13.0 Å². The minimum atomic E-state index is -0.948. The molecule has 16 heavy (non-hydrogen) atoms. The van der Waals surface area contributed by atoms with Crippen LogP contribution in [0.1, 0.15) is 6.42 Å². The molecule has 4 N–H and O–H groups in total. The highest BCUT2D eigenvalue weighted by Gasteiger charge is 2.05. The van der Waals surface area contributed by atoms with Gasteiger partial charge in [-0.15, -0.1) is 6.58 Å². The molecule has 0 rings (SSSR count). The number of carbonyl (C=O) groups is 3. The van der Waals surface area contributed by atoms with Crippen LogP contribution >= 0.6 is 0 Å². The quantitative estimate of drug-likeness (QED) is 0.333. The molecular weight excluding hydrogens is 214 g/mol. The number of hydrogen-bond donors (Lipinski definition) is 4. The standard InChI is InChI=1S/C9H15N3O4/c1-2-4-11-9(16)12-7(13)6-10-5-3-8(14)15/h2,10H,1,3-6H2,(H,14,15)(H2,11,12,13,16). The van der Waals surface area contributed by atoms with Crippen molar-refractivity contribution in [2.75, 3.05) is 19.6 Å². The maximum Gasteiger partial charge on any atom is 0.321 e. The van der Waals surface area contributed by atoms with E-state index in [0.717, 1.165) is 0 Å². The van der Waals surface area contributed by atoms with Crippen LogP contribution in [-0.4, -0.2) is 42.6 Å². The van der Waals surface area contributed by atoms with Gasteiger partial charge in [-0.1, -0.05) is 6.08 Å². The Morgan fingerprint density at radius 2 is 2.00 bits per heavy atom. The van der Waals surface area contributed by atoms with Crippen molar-refractivity contribution in [3.05, 3.63) is 12.7 Å². The minimum Gasteiger partial charge on any atom is -0.481 e. The smallest absolute Gasteiger partial charge is 0.321 e. The molecule has 0 saturated carbocycles. The van der Waals surface area contributed by atoms with Crippen LogP contribution < -0.4 is 16.0 Å². The maximum absolute atomic E-state index is 11.1. The summed E-state index contributed by atoms with van der Waals surface area (Å²) in [6.45, 7) is 3.74. The highest BCUT2D eigenvalue weighted by atomic mass is 16.4. The normalized spacial score (nSPS) is 9.25. The Hall–Kier alpha value is -1.89. The summed E-state index contributed by atoms with van der Waals surface area (Å²) in [6, 6.07) is -0.607. The third kappa shape index (κ3) is 8.70. The largest absolute Gasteiger partial charge is 0.481 e. The van der Waals surface area contributed by atoms with Crippen LogP contribution in [0.4, 0.5) is 4.79 Å². The number of carboxylic acids is 1. The lowest BCUT2D eigenvalue weighted by Gasteiger charge is -2.05. The number of rotatable bonds is 7. The Kier molecular flexibility index (Phi) is 7.43. The van der Waals surface area contributed by atoms with Gasteiger partial charge in [0.25, 0.3) is 0 Å². The van der Waals surface area contributed by atoms with Crippen molar-refractivity contribution in [3.63, 3.8) is 0 Å². The van der Waals surface area contributed by atoms with Crippen LogP contribution in [0.25, 0.3) is 0 Å². The van der Waals surface area contributed by atoms with E-state index in [1.807, 2.05) is 0 Å². The first-order chi connectivity index (χ1) is 7.56. The molecule has 7 heteroatoms. The first-order valence-corrected chi connectivity index (χ1v) is 4.67. The fourth-order valence-corrected chi connectivity index (χ4v) is 0.777. The molecule has 0 atom stereocenters. The maximum atomic E-state index is 11.1. The summed E-state index contributed by atoms with van der Waals surface area (Å²) < 4.78 is 0. The molecule has 0 aromatic rings. The first kappa shape index (κ1) is 14.1. The Morgan fingerprint density at radius 3 is 2.56 bits per heavy atom. The molecule has 0 aliphatic carbocycles. The van der Waals surface area contributed by atoms with Crippen molar-refractivity contribution in [3.8, 4) is 0 Å². The number of aliphatic carboxylic acids is 1. The molecule has 0 bridgehead atoms. The van der Waals surface area contributed by atoms with Gasteiger partial charge in [0.15, 0.2) is 0 Å². The molecular formula is C9H15N3O4. The van der Waals surface area contributed by atoms with Crippen molar-refractivity contribution < 1.29 is 19.5 Å². The van der Waals surface area contributed by atoms with Gasteiger partial charge in [-0.2, -0.15) is 0 Å². The number of amides is 3. The summed E-state index contributed by atoms with van der Waals surface area (Å²) >= 11 is 0. The molecule has 3 amide bonds. The van der Waals surface area contributed by atoms with Gasteiger partial charge in [0.2, 0.25) is 5.91 Å². The molecule has 0 fully saturated rings. The Bertz CT molecular complexity index is 278. The van der Waals surface area contributed by atoms with E-state index in [0.29, 0.717) is 0 Å². The fourth-order valence-electron chi connectivity index (χ4n) is 0.777. The van der Waals surface area contributed by atoms with Gasteiger partial charge < -0.3 is 15.7 Å². The molecule has 0 aliphatic heterocycles. The third-order valence-electron chi connectivity index (χ3n) is 1.46. The summed E-state index contributed by atoms with van der Waals surface area (Å²) in [6.07, 6.45) is 1.41. The lowest BCUT2D eigenvalue weighted by Crippen LogP contribution is -2.43. The van der Waals surface area contributed by atoms with Crippen molar-refractivity contribution >= 4 is 17.9 Å². The van der Waals surface area contributed by atoms with Crippen molar-refractivity contribution in [1.29, 1.82) is 0 Å². The fraction of sp³-hybridized carbons (Fsp3) is 0.444. The van der Waals surface area contributed by atoms with E-state index in [4.69, 9.17) is 5.11 Å². The number of carbonyl (C=O) groups excluding carboxylic acids is 2. The highest BCUT2D eigenvalue weighted by Crippen LogP contribution is 1.75. The lowest BCUT2D eigenvalue weighted by atomic mass is 10.4. The van der Waals surface area contributed by atoms with Crippen LogP contribution in [0.3, 0.4) is 0 Å². The van der Waals surface area contributed by atoms with Crippen molar-refractivity contribution in [2.45, 2.75) is 6.42 Å². The molecule has 0 radical (unpaired) electrons. The second-order valence-electron chi connectivity index (χ2n) is 2.87. The van der Waals surface area contributed by atoms with Crippen LogP contribution in [0.5, 0.6) is 0 Å². The Labute approximate surface area is 92.9 Å². The predicted molar refractivity (Wildman–Crippen MR) is 56.9 cm³/mol. The Morgan fingerprint density at radius 1 is 1.31 bits per heavy atom. The van der Waals surface area contributed by atoms with E-state index in [9.17, 15) is 14.4 Å². The van der Waals surface area contributed by atoms with Crippen molar-refractivity contribution in [1.82, 2.24) is 16.0 Å². The van der Waals surface area contributed by atoms with Crippen LogP contribution in [0.15, 0.2) is 12.7 Å². The van der Waals surface area contributed by atoms with Crippen LogP contribution in [-0.2, 0) is 9.59 Å².